The lowest BCUT2D eigenvalue weighted by molar-refractivity contribution is -0.276. The number of methoxy groups -OCH3 is 1. The number of pyridine rings is 1. The van der Waals surface area contributed by atoms with Gasteiger partial charge < -0.3 is 9.47 Å². The van der Waals surface area contributed by atoms with E-state index in [1.54, 1.807) is 6.07 Å². The number of nitrogens with zero attached hydrogens (tertiary/aromatic N) is 2. The Kier molecular flexibility index (Phi) is 3.59. The zero-order valence-corrected chi connectivity index (χ0v) is 9.39. The van der Waals surface area contributed by atoms with Gasteiger partial charge in [-0.05, 0) is 15.9 Å². The van der Waals surface area contributed by atoms with Gasteiger partial charge in [0.15, 0.2) is 5.69 Å². The summed E-state index contributed by atoms with van der Waals surface area (Å²) in [5.74, 6) is -0.713. The van der Waals surface area contributed by atoms with E-state index in [0.29, 0.717) is 0 Å². The minimum absolute atomic E-state index is 0.0331. The lowest BCUT2D eigenvalue weighted by Crippen LogP contribution is -2.18. The van der Waals surface area contributed by atoms with E-state index in [1.807, 2.05) is 0 Å². The van der Waals surface area contributed by atoms with Gasteiger partial charge in [0.2, 0.25) is 5.88 Å². The Bertz CT molecular complexity index is 442. The second kappa shape index (κ2) is 4.57. The fourth-order valence-corrected chi connectivity index (χ4v) is 1.33. The van der Waals surface area contributed by atoms with Gasteiger partial charge >= 0.3 is 6.36 Å². The topological polar surface area (TPSA) is 55.1 Å². The predicted molar refractivity (Wildman–Crippen MR) is 49.9 cm³/mol. The quantitative estimate of drug-likeness (QED) is 0.842. The highest BCUT2D eigenvalue weighted by Gasteiger charge is 2.32. The Morgan fingerprint density at radius 3 is 2.56 bits per heavy atom. The standard InChI is InChI=1S/C8H4BrF3N2O2/c1-15-5-2-6(16-8(10,11)12)14-4(3-13)7(5)9/h2H,1H3. The highest BCUT2D eigenvalue weighted by molar-refractivity contribution is 9.10. The van der Waals surface area contributed by atoms with Gasteiger partial charge in [0.05, 0.1) is 11.6 Å². The zero-order chi connectivity index (χ0) is 12.3. The van der Waals surface area contributed by atoms with Crippen LogP contribution in [0.5, 0.6) is 11.6 Å². The second-order valence-electron chi connectivity index (χ2n) is 2.48. The van der Waals surface area contributed by atoms with E-state index in [4.69, 9.17) is 10.00 Å². The Balaban J connectivity index is 3.19. The van der Waals surface area contributed by atoms with E-state index in [2.05, 4.69) is 25.7 Å². The van der Waals surface area contributed by atoms with Crippen LogP contribution in [-0.2, 0) is 0 Å². The Morgan fingerprint density at radius 2 is 2.12 bits per heavy atom. The van der Waals surface area contributed by atoms with Gasteiger partial charge in [-0.1, -0.05) is 0 Å². The first kappa shape index (κ1) is 12.6. The number of hydrogen-bond acceptors (Lipinski definition) is 4. The van der Waals surface area contributed by atoms with E-state index < -0.39 is 12.2 Å². The molecule has 1 heterocycles. The summed E-state index contributed by atoms with van der Waals surface area (Å²) in [6.45, 7) is 0. The number of aromatic nitrogens is 1. The lowest BCUT2D eigenvalue weighted by Gasteiger charge is -2.10. The van der Waals surface area contributed by atoms with Gasteiger partial charge in [0.1, 0.15) is 11.8 Å². The van der Waals surface area contributed by atoms with Crippen molar-refractivity contribution in [3.63, 3.8) is 0 Å². The molecule has 0 bridgehead atoms. The van der Waals surface area contributed by atoms with Crippen molar-refractivity contribution in [3.05, 3.63) is 16.2 Å². The number of alkyl halides is 3. The van der Waals surface area contributed by atoms with Crippen molar-refractivity contribution in [3.8, 4) is 17.7 Å². The molecule has 0 unspecified atom stereocenters. The monoisotopic (exact) mass is 296 g/mol. The van der Waals surface area contributed by atoms with Crippen molar-refractivity contribution in [2.45, 2.75) is 6.36 Å². The molecule has 0 amide bonds. The van der Waals surface area contributed by atoms with E-state index in [-0.39, 0.29) is 15.9 Å². The normalized spacial score (nSPS) is 10.8. The number of halogens is 4. The molecular formula is C8H4BrF3N2O2. The fraction of sp³-hybridized carbons (Fsp3) is 0.250. The van der Waals surface area contributed by atoms with Crippen LogP contribution in [0.2, 0.25) is 0 Å². The van der Waals surface area contributed by atoms with Gasteiger partial charge in [-0.25, -0.2) is 4.98 Å². The Labute approximate surface area is 96.7 Å². The lowest BCUT2D eigenvalue weighted by atomic mass is 10.3. The molecule has 0 saturated heterocycles. The van der Waals surface area contributed by atoms with E-state index in [0.717, 1.165) is 6.07 Å². The predicted octanol–water partition coefficient (Wildman–Crippen LogP) is 2.62. The molecule has 0 spiro atoms. The third-order valence-corrected chi connectivity index (χ3v) is 2.21. The smallest absolute Gasteiger partial charge is 0.495 e. The molecule has 8 heteroatoms. The molecule has 86 valence electrons. The molecular weight excluding hydrogens is 293 g/mol. The molecule has 0 aliphatic heterocycles. The second-order valence-corrected chi connectivity index (χ2v) is 3.28. The summed E-state index contributed by atoms with van der Waals surface area (Å²) in [7, 11) is 1.25. The zero-order valence-electron chi connectivity index (χ0n) is 7.80. The number of ether oxygens (including phenoxy) is 2. The van der Waals surface area contributed by atoms with Crippen molar-refractivity contribution in [1.29, 1.82) is 5.26 Å². The summed E-state index contributed by atoms with van der Waals surface area (Å²) < 4.78 is 44.3. The molecule has 1 aromatic rings. The minimum atomic E-state index is -4.86. The third kappa shape index (κ3) is 3.00. The first-order valence-electron chi connectivity index (χ1n) is 3.77. The molecule has 0 atom stereocenters. The average Bonchev–Trinajstić information content (AvgIpc) is 2.18. The van der Waals surface area contributed by atoms with Gasteiger partial charge in [0, 0.05) is 6.07 Å². The van der Waals surface area contributed by atoms with Crippen molar-refractivity contribution in [1.82, 2.24) is 4.98 Å². The van der Waals surface area contributed by atoms with Crippen LogP contribution in [0.15, 0.2) is 10.5 Å². The number of hydrogen-bond donors (Lipinski definition) is 0. The molecule has 0 aromatic carbocycles. The fourth-order valence-electron chi connectivity index (χ4n) is 0.877. The first-order chi connectivity index (χ1) is 7.37. The van der Waals surface area contributed by atoms with Crippen LogP contribution < -0.4 is 9.47 Å². The van der Waals surface area contributed by atoms with E-state index >= 15 is 0 Å². The highest BCUT2D eigenvalue weighted by Crippen LogP contribution is 2.32. The SMILES string of the molecule is COc1cc(OC(F)(F)F)nc(C#N)c1Br. The largest absolute Gasteiger partial charge is 0.574 e. The molecule has 0 aliphatic carbocycles. The summed E-state index contributed by atoms with van der Waals surface area (Å²) in [5.41, 5.74) is -0.251. The van der Waals surface area contributed by atoms with Gasteiger partial charge in [-0.2, -0.15) is 5.26 Å². The average molecular weight is 297 g/mol. The van der Waals surface area contributed by atoms with E-state index in [9.17, 15) is 13.2 Å². The molecule has 0 fully saturated rings. The number of rotatable bonds is 2. The van der Waals surface area contributed by atoms with Crippen LogP contribution in [0.1, 0.15) is 5.69 Å². The molecule has 0 radical (unpaired) electrons. The van der Waals surface area contributed by atoms with Crippen molar-refractivity contribution >= 4 is 15.9 Å². The van der Waals surface area contributed by atoms with Gasteiger partial charge in [-0.3, -0.25) is 0 Å². The van der Waals surface area contributed by atoms with Crippen LogP contribution in [0.3, 0.4) is 0 Å². The molecule has 0 N–H and O–H groups in total. The van der Waals surface area contributed by atoms with Crippen LogP contribution in [-0.4, -0.2) is 18.5 Å². The summed E-state index contributed by atoms with van der Waals surface area (Å²) in [5, 5.41) is 8.63. The summed E-state index contributed by atoms with van der Waals surface area (Å²) in [6, 6.07) is 2.54. The Hall–Kier alpha value is -1.49. The van der Waals surface area contributed by atoms with Gasteiger partial charge in [0.25, 0.3) is 0 Å². The van der Waals surface area contributed by atoms with Gasteiger partial charge in [-0.15, -0.1) is 13.2 Å². The maximum absolute atomic E-state index is 11.9. The minimum Gasteiger partial charge on any atom is -0.495 e. The van der Waals surface area contributed by atoms with Crippen molar-refractivity contribution < 1.29 is 22.6 Å². The Morgan fingerprint density at radius 1 is 1.50 bits per heavy atom. The van der Waals surface area contributed by atoms with Crippen LogP contribution in [0.4, 0.5) is 13.2 Å². The molecule has 1 rings (SSSR count). The number of nitriles is 1. The molecule has 0 saturated carbocycles. The van der Waals surface area contributed by atoms with E-state index in [1.165, 1.54) is 7.11 Å². The summed E-state index contributed by atoms with van der Waals surface area (Å²) in [6.07, 6.45) is -4.86. The van der Waals surface area contributed by atoms with Crippen molar-refractivity contribution in [2.24, 2.45) is 0 Å². The summed E-state index contributed by atoms with van der Waals surface area (Å²) >= 11 is 2.97. The van der Waals surface area contributed by atoms with Crippen LogP contribution >= 0.6 is 15.9 Å². The van der Waals surface area contributed by atoms with Crippen LogP contribution in [0, 0.1) is 11.3 Å². The maximum atomic E-state index is 11.9. The molecule has 0 aliphatic rings. The maximum Gasteiger partial charge on any atom is 0.574 e. The first-order valence-corrected chi connectivity index (χ1v) is 4.57. The summed E-state index contributed by atoms with van der Waals surface area (Å²) in [4.78, 5) is 3.35. The molecule has 4 nitrogen and oxygen atoms in total. The highest BCUT2D eigenvalue weighted by atomic mass is 79.9. The van der Waals surface area contributed by atoms with Crippen LogP contribution in [0.25, 0.3) is 0 Å². The molecule has 1 aromatic heterocycles. The van der Waals surface area contributed by atoms with Crippen molar-refractivity contribution in [2.75, 3.05) is 7.11 Å². The molecule has 16 heavy (non-hydrogen) atoms. The third-order valence-electron chi connectivity index (χ3n) is 1.45.